The van der Waals surface area contributed by atoms with E-state index in [9.17, 15) is 17.6 Å². The smallest absolute Gasteiger partial charge is 0.254 e. The first-order valence-electron chi connectivity index (χ1n) is 8.22. The van der Waals surface area contributed by atoms with Crippen molar-refractivity contribution >= 4 is 0 Å². The Bertz CT molecular complexity index is 362. The molecule has 0 aromatic rings. The molecule has 3 aliphatic carbocycles. The van der Waals surface area contributed by atoms with Gasteiger partial charge in [-0.1, -0.05) is 6.92 Å². The Morgan fingerprint density at radius 1 is 1.05 bits per heavy atom. The fraction of sp³-hybridized carbons (Fsp3) is 1.00. The van der Waals surface area contributed by atoms with Crippen molar-refractivity contribution in [1.82, 2.24) is 0 Å². The van der Waals surface area contributed by atoms with Gasteiger partial charge >= 0.3 is 0 Å². The maximum atomic E-state index is 13.9. The maximum Gasteiger partial charge on any atom is 0.254 e. The zero-order chi connectivity index (χ0) is 15.4. The van der Waals surface area contributed by atoms with Gasteiger partial charge in [0.2, 0.25) is 0 Å². The molecule has 3 aliphatic rings. The fourth-order valence-electron chi connectivity index (χ4n) is 4.62. The van der Waals surface area contributed by atoms with E-state index in [0.29, 0.717) is 25.2 Å². The summed E-state index contributed by atoms with van der Waals surface area (Å²) >= 11 is 0. The van der Waals surface area contributed by atoms with Crippen molar-refractivity contribution in [3.63, 3.8) is 0 Å². The molecule has 0 aromatic heterocycles. The third-order valence-corrected chi connectivity index (χ3v) is 6.22. The lowest BCUT2D eigenvalue weighted by Crippen LogP contribution is -2.42. The van der Waals surface area contributed by atoms with Gasteiger partial charge in [0.25, 0.3) is 5.92 Å². The van der Waals surface area contributed by atoms with Crippen LogP contribution in [0.1, 0.15) is 45.4 Å². The molecule has 5 unspecified atom stereocenters. The normalized spacial score (nSPS) is 49.7. The van der Waals surface area contributed by atoms with Gasteiger partial charge in [-0.3, -0.25) is 0 Å². The molecule has 122 valence electrons. The van der Waals surface area contributed by atoms with Gasteiger partial charge in [0.15, 0.2) is 0 Å². The quantitative estimate of drug-likeness (QED) is 0.777. The van der Waals surface area contributed by atoms with Crippen molar-refractivity contribution in [3.05, 3.63) is 0 Å². The molecule has 3 fully saturated rings. The predicted molar refractivity (Wildman–Crippen MR) is 73.5 cm³/mol. The number of alkyl halides is 4. The first-order chi connectivity index (χ1) is 9.80. The maximum absolute atomic E-state index is 13.9. The van der Waals surface area contributed by atoms with E-state index in [-0.39, 0.29) is 24.8 Å². The van der Waals surface area contributed by atoms with Crippen LogP contribution in [-0.4, -0.2) is 24.3 Å². The second-order valence-corrected chi connectivity index (χ2v) is 7.60. The van der Waals surface area contributed by atoms with Gasteiger partial charge in [0.1, 0.15) is 12.3 Å². The summed E-state index contributed by atoms with van der Waals surface area (Å²) in [5.74, 6) is -3.22. The summed E-state index contributed by atoms with van der Waals surface area (Å²) in [5, 5.41) is 0. The van der Waals surface area contributed by atoms with Crippen molar-refractivity contribution in [2.24, 2.45) is 35.3 Å². The molecule has 0 bridgehead atoms. The molecule has 0 aromatic carbocycles. The molecule has 0 radical (unpaired) electrons. The first kappa shape index (κ1) is 15.6. The Kier molecular flexibility index (Phi) is 4.00. The van der Waals surface area contributed by atoms with Gasteiger partial charge in [-0.15, -0.1) is 0 Å². The first-order valence-corrected chi connectivity index (χ1v) is 8.22. The molecule has 3 saturated carbocycles. The van der Waals surface area contributed by atoms with Crippen LogP contribution >= 0.6 is 0 Å². The van der Waals surface area contributed by atoms with Crippen LogP contribution in [0.25, 0.3) is 0 Å². The average Bonchev–Trinajstić information content (AvgIpc) is 2.78. The number of nitrogens with two attached hydrogens (primary N) is 1. The molecule has 0 heterocycles. The monoisotopic (exact) mass is 307 g/mol. The number of fused-ring (bicyclic) bond motifs is 1. The minimum atomic E-state index is -2.43. The van der Waals surface area contributed by atoms with Crippen LogP contribution in [-0.2, 0) is 0 Å². The van der Waals surface area contributed by atoms with Crippen LogP contribution in [0.3, 0.4) is 0 Å². The van der Waals surface area contributed by atoms with E-state index in [1.165, 1.54) is 0 Å². The summed E-state index contributed by atoms with van der Waals surface area (Å²) in [5.41, 5.74) is 5.63. The van der Waals surface area contributed by atoms with Gasteiger partial charge in [0, 0.05) is 23.8 Å². The van der Waals surface area contributed by atoms with Crippen LogP contribution in [0.5, 0.6) is 0 Å². The van der Waals surface area contributed by atoms with E-state index in [1.807, 2.05) is 6.92 Å². The Morgan fingerprint density at radius 2 is 1.57 bits per heavy atom. The fourth-order valence-corrected chi connectivity index (χ4v) is 4.62. The van der Waals surface area contributed by atoms with Gasteiger partial charge in [-0.2, -0.15) is 0 Å². The molecule has 2 N–H and O–H groups in total. The van der Waals surface area contributed by atoms with Crippen LogP contribution in [0.15, 0.2) is 0 Å². The summed E-state index contributed by atoms with van der Waals surface area (Å²) in [7, 11) is 0. The van der Waals surface area contributed by atoms with E-state index in [2.05, 4.69) is 0 Å². The van der Waals surface area contributed by atoms with Gasteiger partial charge in [-0.25, -0.2) is 17.6 Å². The molecule has 5 atom stereocenters. The van der Waals surface area contributed by atoms with E-state index >= 15 is 0 Å². The van der Waals surface area contributed by atoms with E-state index in [4.69, 9.17) is 5.73 Å². The zero-order valence-electron chi connectivity index (χ0n) is 12.5. The largest absolute Gasteiger partial charge is 0.327 e. The van der Waals surface area contributed by atoms with Crippen LogP contribution in [0.4, 0.5) is 17.6 Å². The highest BCUT2D eigenvalue weighted by atomic mass is 19.3. The SMILES string of the molecule is CC(CCC1C(F)CC(N)CC1F)C1CC2C(C1)C2(F)F. The third-order valence-electron chi connectivity index (χ3n) is 6.22. The number of rotatable bonds is 4. The summed E-state index contributed by atoms with van der Waals surface area (Å²) in [6, 6.07) is -0.368. The van der Waals surface area contributed by atoms with E-state index in [1.54, 1.807) is 0 Å². The molecule has 0 amide bonds. The standard InChI is InChI=1S/C16H25F4N/c1-8(9-4-12-13(5-9)16(12,19)20)2-3-11-14(17)6-10(21)7-15(11)18/h8-15H,2-7,21H2,1H3. The predicted octanol–water partition coefficient (Wildman–Crippen LogP) is 4.11. The minimum absolute atomic E-state index is 0.249. The Hall–Kier alpha value is -0.320. The van der Waals surface area contributed by atoms with E-state index in [0.717, 1.165) is 6.42 Å². The van der Waals surface area contributed by atoms with Gasteiger partial charge < -0.3 is 5.73 Å². The van der Waals surface area contributed by atoms with Crippen molar-refractivity contribution < 1.29 is 17.6 Å². The molecular formula is C16H25F4N. The van der Waals surface area contributed by atoms with Crippen LogP contribution in [0.2, 0.25) is 0 Å². The summed E-state index contributed by atoms with van der Waals surface area (Å²) in [6.07, 6.45) is 0.612. The lowest BCUT2D eigenvalue weighted by molar-refractivity contribution is 0.0459. The van der Waals surface area contributed by atoms with Crippen molar-refractivity contribution in [3.8, 4) is 0 Å². The molecule has 0 saturated heterocycles. The van der Waals surface area contributed by atoms with Crippen LogP contribution in [0, 0.1) is 29.6 Å². The van der Waals surface area contributed by atoms with Crippen molar-refractivity contribution in [2.45, 2.75) is 69.8 Å². The lowest BCUT2D eigenvalue weighted by Gasteiger charge is -2.34. The second-order valence-electron chi connectivity index (χ2n) is 7.60. The topological polar surface area (TPSA) is 26.0 Å². The Balaban J connectivity index is 1.45. The Morgan fingerprint density at radius 3 is 2.10 bits per heavy atom. The molecule has 5 heteroatoms. The highest BCUT2D eigenvalue weighted by Gasteiger charge is 2.71. The van der Waals surface area contributed by atoms with Gasteiger partial charge in [0.05, 0.1) is 0 Å². The highest BCUT2D eigenvalue weighted by Crippen LogP contribution is 2.66. The molecular weight excluding hydrogens is 282 g/mol. The summed E-state index contributed by atoms with van der Waals surface area (Å²) in [4.78, 5) is 0. The van der Waals surface area contributed by atoms with Gasteiger partial charge in [-0.05, 0) is 50.4 Å². The number of halogens is 4. The van der Waals surface area contributed by atoms with E-state index < -0.39 is 36.0 Å². The second kappa shape index (κ2) is 5.39. The highest BCUT2D eigenvalue weighted by molar-refractivity contribution is 5.11. The number of hydrogen-bond acceptors (Lipinski definition) is 1. The van der Waals surface area contributed by atoms with Crippen LogP contribution < -0.4 is 5.73 Å². The zero-order valence-corrected chi connectivity index (χ0v) is 12.5. The third kappa shape index (κ3) is 2.82. The Labute approximate surface area is 123 Å². The molecule has 0 aliphatic heterocycles. The molecule has 0 spiro atoms. The summed E-state index contributed by atoms with van der Waals surface area (Å²) < 4.78 is 54.2. The molecule has 1 nitrogen and oxygen atoms in total. The van der Waals surface area contributed by atoms with Crippen molar-refractivity contribution in [1.29, 1.82) is 0 Å². The number of hydrogen-bond donors (Lipinski definition) is 1. The lowest BCUT2D eigenvalue weighted by atomic mass is 9.77. The summed E-state index contributed by atoms with van der Waals surface area (Å²) in [6.45, 7) is 2.04. The average molecular weight is 307 g/mol. The van der Waals surface area contributed by atoms with Crippen molar-refractivity contribution in [2.75, 3.05) is 0 Å². The molecule has 3 rings (SSSR count). The minimum Gasteiger partial charge on any atom is -0.327 e. The molecule has 21 heavy (non-hydrogen) atoms.